The Bertz CT molecular complexity index is 79.2. The third kappa shape index (κ3) is 12.4. The van der Waals surface area contributed by atoms with Crippen LogP contribution in [0.5, 0.6) is 0 Å². The Labute approximate surface area is 93.4 Å². The highest BCUT2D eigenvalue weighted by Crippen LogP contribution is 2.11. The molecular weight excluding hydrogens is 187 g/mol. The Hall–Kier alpha value is 0.430. The van der Waals surface area contributed by atoms with Crippen molar-refractivity contribution >= 4 is 9.24 Å². The largest absolute Gasteiger partial charge is 0.0654 e. The zero-order chi connectivity index (χ0) is 10.5. The van der Waals surface area contributed by atoms with Gasteiger partial charge in [0.2, 0.25) is 0 Å². The van der Waals surface area contributed by atoms with Crippen molar-refractivity contribution in [3.05, 3.63) is 0 Å². The van der Waals surface area contributed by atoms with Crippen LogP contribution in [0.4, 0.5) is 0 Å². The number of rotatable bonds is 11. The average Bonchev–Trinajstić information content (AvgIpc) is 2.21. The summed E-state index contributed by atoms with van der Waals surface area (Å²) in [6.45, 7) is 2.28. The van der Waals surface area contributed by atoms with Crippen LogP contribution in [0.3, 0.4) is 0 Å². The van der Waals surface area contributed by atoms with E-state index in [1.165, 1.54) is 70.6 Å². The van der Waals surface area contributed by atoms with Gasteiger partial charge in [0.15, 0.2) is 0 Å². The van der Waals surface area contributed by atoms with E-state index in [1.807, 2.05) is 0 Å². The van der Waals surface area contributed by atoms with Crippen LogP contribution in [0.25, 0.3) is 0 Å². The molecule has 0 rings (SSSR count). The maximum absolute atomic E-state index is 4.21. The van der Waals surface area contributed by atoms with Crippen LogP contribution in [0.15, 0.2) is 0 Å². The summed E-state index contributed by atoms with van der Waals surface area (Å²) in [5.74, 6) is 0. The van der Waals surface area contributed by atoms with Crippen molar-refractivity contribution in [1.82, 2.24) is 0 Å². The Morgan fingerprint density at radius 3 is 1.29 bits per heavy atom. The normalized spacial score (nSPS) is 10.7. The molecule has 0 heterocycles. The molecule has 0 unspecified atom stereocenters. The fourth-order valence-corrected chi connectivity index (χ4v) is 2.00. The number of unbranched alkanes of at least 4 members (excludes halogenated alkanes) is 10. The summed E-state index contributed by atoms with van der Waals surface area (Å²) < 4.78 is 0. The summed E-state index contributed by atoms with van der Waals surface area (Å²) in [5, 5.41) is 0. The molecule has 0 fully saturated rings. The van der Waals surface area contributed by atoms with Crippen LogP contribution >= 0.6 is 9.24 Å². The van der Waals surface area contributed by atoms with Crippen LogP contribution in [0, 0.1) is 0 Å². The Morgan fingerprint density at radius 2 is 0.929 bits per heavy atom. The van der Waals surface area contributed by atoms with Crippen LogP contribution in [-0.2, 0) is 0 Å². The molecule has 0 N–H and O–H groups in total. The zero-order valence-corrected chi connectivity index (χ0v) is 10.8. The van der Waals surface area contributed by atoms with Gasteiger partial charge in [0, 0.05) is 0 Å². The van der Waals surface area contributed by atoms with E-state index in [9.17, 15) is 0 Å². The van der Waals surface area contributed by atoms with E-state index in [-0.39, 0.29) is 0 Å². The molecule has 0 aromatic heterocycles. The monoisotopic (exact) mass is 214 g/mol. The fourth-order valence-electron chi connectivity index (χ4n) is 1.78. The van der Waals surface area contributed by atoms with Crippen molar-refractivity contribution in [1.29, 1.82) is 0 Å². The zero-order valence-electron chi connectivity index (χ0n) is 9.93. The smallest absolute Gasteiger partial charge is 0.0242 e. The lowest BCUT2D eigenvalue weighted by Crippen LogP contribution is -1.82. The van der Waals surface area contributed by atoms with Gasteiger partial charge < -0.3 is 0 Å². The summed E-state index contributed by atoms with van der Waals surface area (Å²) in [6, 6.07) is 0. The molecule has 0 aromatic carbocycles. The summed E-state index contributed by atoms with van der Waals surface area (Å²) in [7, 11) is 4.21. The molecule has 0 aliphatic carbocycles. The van der Waals surface area contributed by atoms with Gasteiger partial charge in [0.1, 0.15) is 0 Å². The van der Waals surface area contributed by atoms with Crippen LogP contribution < -0.4 is 0 Å². The number of hydrogen-bond donors (Lipinski definition) is 0. The predicted octanol–water partition coefficient (Wildman–Crippen LogP) is 5.71. The average molecular weight is 214 g/mol. The fraction of sp³-hybridized carbons (Fsp3) is 1.00. The van der Waals surface area contributed by atoms with Crippen molar-refractivity contribution < 1.29 is 0 Å². The van der Waals surface area contributed by atoms with E-state index < -0.39 is 0 Å². The van der Waals surface area contributed by atoms with Gasteiger partial charge in [-0.1, -0.05) is 71.1 Å². The van der Waals surface area contributed by atoms with E-state index in [2.05, 4.69) is 16.2 Å². The van der Waals surface area contributed by atoms with Gasteiger partial charge in [-0.3, -0.25) is 0 Å². The first kappa shape index (κ1) is 14.4. The molecule has 14 heavy (non-hydrogen) atoms. The van der Waals surface area contributed by atoms with E-state index in [0.717, 1.165) is 6.16 Å². The topological polar surface area (TPSA) is 0 Å². The molecule has 0 bridgehead atoms. The van der Waals surface area contributed by atoms with Gasteiger partial charge in [-0.15, -0.1) is 0 Å². The van der Waals surface area contributed by atoms with Gasteiger partial charge in [-0.2, -0.15) is 0 Å². The maximum Gasteiger partial charge on any atom is -0.0242 e. The van der Waals surface area contributed by atoms with Gasteiger partial charge in [0.05, 0.1) is 0 Å². The Balaban J connectivity index is 2.78. The van der Waals surface area contributed by atoms with Crippen LogP contribution in [0.1, 0.15) is 77.6 Å². The molecule has 0 nitrogen and oxygen atoms in total. The Morgan fingerprint density at radius 1 is 0.571 bits per heavy atom. The van der Waals surface area contributed by atoms with Crippen molar-refractivity contribution in [3.8, 4) is 0 Å². The molecule has 84 valence electrons. The second-order valence-electron chi connectivity index (χ2n) is 4.26. The lowest BCUT2D eigenvalue weighted by molar-refractivity contribution is 0.555. The molecule has 0 aromatic rings. The van der Waals surface area contributed by atoms with E-state index in [1.54, 1.807) is 0 Å². The van der Waals surface area contributed by atoms with Crippen molar-refractivity contribution in [3.63, 3.8) is 0 Å². The third-order valence-corrected chi connectivity index (χ3v) is 3.08. The maximum atomic E-state index is 4.21. The highest BCUT2D eigenvalue weighted by atomic mass is 31.0. The first-order valence-corrected chi connectivity index (χ1v) is 7.16. The first-order valence-electron chi connectivity index (χ1n) is 6.52. The summed E-state index contributed by atoms with van der Waals surface area (Å²) in [6.07, 6.45) is 16.7. The second kappa shape index (κ2) is 13.4. The molecular formula is C13H27P. The minimum atomic E-state index is 1.07. The molecule has 0 amide bonds. The molecule has 1 heteroatoms. The van der Waals surface area contributed by atoms with Crippen LogP contribution in [-0.4, -0.2) is 6.16 Å². The molecule has 0 aliphatic rings. The van der Waals surface area contributed by atoms with E-state index in [4.69, 9.17) is 0 Å². The Kier molecular flexibility index (Phi) is 13.8. The van der Waals surface area contributed by atoms with Crippen molar-refractivity contribution in [2.45, 2.75) is 77.6 Å². The van der Waals surface area contributed by atoms with Crippen LogP contribution in [0.2, 0.25) is 0 Å². The number of hydrogen-bond acceptors (Lipinski definition) is 0. The lowest BCUT2D eigenvalue weighted by Gasteiger charge is -2.01. The lowest BCUT2D eigenvalue weighted by atomic mass is 10.1. The van der Waals surface area contributed by atoms with Gasteiger partial charge in [0.25, 0.3) is 0 Å². The quantitative estimate of drug-likeness (QED) is 0.305. The minimum absolute atomic E-state index is 1.07. The molecule has 0 aliphatic heterocycles. The van der Waals surface area contributed by atoms with Gasteiger partial charge >= 0.3 is 0 Å². The molecule has 2 radical (unpaired) electrons. The SMILES string of the molecule is CCCCCCCCCCCCC[P]. The summed E-state index contributed by atoms with van der Waals surface area (Å²) in [4.78, 5) is 0. The first-order chi connectivity index (χ1) is 6.91. The van der Waals surface area contributed by atoms with E-state index in [0.29, 0.717) is 0 Å². The standard InChI is InChI=1S/C13H27P/c1-2-3-4-5-6-7-8-9-10-11-12-13-14/h2-13H2,1H3. The van der Waals surface area contributed by atoms with Crippen molar-refractivity contribution in [2.75, 3.05) is 6.16 Å². The minimum Gasteiger partial charge on any atom is -0.0654 e. The van der Waals surface area contributed by atoms with Gasteiger partial charge in [-0.05, 0) is 21.8 Å². The second-order valence-corrected chi connectivity index (χ2v) is 4.71. The third-order valence-electron chi connectivity index (χ3n) is 2.76. The summed E-state index contributed by atoms with van der Waals surface area (Å²) in [5.41, 5.74) is 0. The molecule has 0 spiro atoms. The summed E-state index contributed by atoms with van der Waals surface area (Å²) >= 11 is 0. The highest BCUT2D eigenvalue weighted by molar-refractivity contribution is 7.16. The van der Waals surface area contributed by atoms with Crippen molar-refractivity contribution in [2.24, 2.45) is 0 Å². The van der Waals surface area contributed by atoms with E-state index >= 15 is 0 Å². The predicted molar refractivity (Wildman–Crippen MR) is 68.2 cm³/mol. The molecule has 0 saturated heterocycles. The van der Waals surface area contributed by atoms with Gasteiger partial charge in [-0.25, -0.2) is 0 Å². The molecule has 0 saturated carbocycles. The molecule has 0 atom stereocenters. The highest BCUT2D eigenvalue weighted by Gasteiger charge is 1.91.